The maximum atomic E-state index is 11.3. The molecule has 2 aliphatic rings. The van der Waals surface area contributed by atoms with Gasteiger partial charge >= 0.3 is 0 Å². The maximum Gasteiger partial charge on any atom is 0.0767 e. The van der Waals surface area contributed by atoms with E-state index in [1.165, 1.54) is 6.42 Å². The molecule has 2 fully saturated rings. The number of hydrogen-bond donors (Lipinski definition) is 3. The van der Waals surface area contributed by atoms with Crippen molar-refractivity contribution in [1.82, 2.24) is 5.32 Å². The van der Waals surface area contributed by atoms with Crippen LogP contribution in [0.4, 0.5) is 0 Å². The fourth-order valence-corrected chi connectivity index (χ4v) is 4.26. The molecule has 100 valence electrons. The molecule has 1 aliphatic heterocycles. The number of aliphatic hydroxyl groups is 1. The monoisotopic (exact) mass is 240 g/mol. The molecule has 0 bridgehead atoms. The molecule has 2 rings (SSSR count). The van der Waals surface area contributed by atoms with Crippen LogP contribution in [0.5, 0.6) is 0 Å². The first-order chi connectivity index (χ1) is 8.08. The minimum atomic E-state index is -0.535. The van der Waals surface area contributed by atoms with Crippen LogP contribution in [-0.2, 0) is 0 Å². The lowest BCUT2D eigenvalue weighted by Crippen LogP contribution is -2.61. The first-order valence-corrected chi connectivity index (χ1v) is 7.21. The molecule has 0 aromatic rings. The van der Waals surface area contributed by atoms with Crippen LogP contribution in [0.2, 0.25) is 0 Å². The molecule has 3 heteroatoms. The van der Waals surface area contributed by atoms with Gasteiger partial charge in [0.15, 0.2) is 0 Å². The zero-order chi connectivity index (χ0) is 12.5. The van der Waals surface area contributed by atoms with Gasteiger partial charge in [-0.2, -0.15) is 0 Å². The minimum Gasteiger partial charge on any atom is -0.389 e. The van der Waals surface area contributed by atoms with Crippen LogP contribution in [0, 0.1) is 17.3 Å². The van der Waals surface area contributed by atoms with Crippen molar-refractivity contribution >= 4 is 0 Å². The fourth-order valence-electron chi connectivity index (χ4n) is 4.26. The maximum absolute atomic E-state index is 11.3. The van der Waals surface area contributed by atoms with Crippen LogP contribution in [0.1, 0.15) is 46.0 Å². The van der Waals surface area contributed by atoms with Gasteiger partial charge in [-0.15, -0.1) is 0 Å². The molecule has 4 unspecified atom stereocenters. The van der Waals surface area contributed by atoms with Gasteiger partial charge in [-0.1, -0.05) is 20.3 Å². The SMILES string of the molecule is CCC1CNCCC1(O)C1(CN)CCC(C)C1. The highest BCUT2D eigenvalue weighted by atomic mass is 16.3. The molecule has 1 saturated carbocycles. The van der Waals surface area contributed by atoms with E-state index in [9.17, 15) is 5.11 Å². The van der Waals surface area contributed by atoms with E-state index in [2.05, 4.69) is 19.2 Å². The van der Waals surface area contributed by atoms with Gasteiger partial charge in [0, 0.05) is 24.4 Å². The number of piperidine rings is 1. The van der Waals surface area contributed by atoms with Crippen molar-refractivity contribution in [2.45, 2.75) is 51.6 Å². The number of nitrogens with two attached hydrogens (primary N) is 1. The molecule has 4 N–H and O–H groups in total. The lowest BCUT2D eigenvalue weighted by Gasteiger charge is -2.52. The molecule has 0 spiro atoms. The Labute approximate surface area is 105 Å². The fraction of sp³-hybridized carbons (Fsp3) is 1.00. The van der Waals surface area contributed by atoms with E-state index in [4.69, 9.17) is 5.73 Å². The van der Waals surface area contributed by atoms with E-state index < -0.39 is 5.60 Å². The third-order valence-corrected chi connectivity index (χ3v) is 5.41. The first kappa shape index (κ1) is 13.3. The molecule has 0 aromatic heterocycles. The average Bonchev–Trinajstić information content (AvgIpc) is 2.73. The highest BCUT2D eigenvalue weighted by Gasteiger charge is 2.56. The van der Waals surface area contributed by atoms with Crippen molar-refractivity contribution in [2.24, 2.45) is 23.0 Å². The quantitative estimate of drug-likeness (QED) is 0.701. The Morgan fingerprint density at radius 2 is 2.18 bits per heavy atom. The third-order valence-electron chi connectivity index (χ3n) is 5.41. The van der Waals surface area contributed by atoms with Crippen molar-refractivity contribution in [3.8, 4) is 0 Å². The molecule has 1 heterocycles. The Bertz CT molecular complexity index is 271. The minimum absolute atomic E-state index is 0.0187. The molecule has 0 radical (unpaired) electrons. The van der Waals surface area contributed by atoms with Crippen molar-refractivity contribution in [2.75, 3.05) is 19.6 Å². The third kappa shape index (κ3) is 2.02. The standard InChI is InChI=1S/C14H28N2O/c1-3-12-9-16-7-6-14(12,17)13(10-15)5-4-11(2)8-13/h11-12,16-17H,3-10,15H2,1-2H3. The average molecular weight is 240 g/mol. The van der Waals surface area contributed by atoms with E-state index in [0.717, 1.165) is 44.7 Å². The summed E-state index contributed by atoms with van der Waals surface area (Å²) in [5.41, 5.74) is 5.53. The highest BCUT2D eigenvalue weighted by molar-refractivity contribution is 5.08. The van der Waals surface area contributed by atoms with E-state index >= 15 is 0 Å². The predicted octanol–water partition coefficient (Wildman–Crippen LogP) is 1.50. The number of hydrogen-bond acceptors (Lipinski definition) is 3. The van der Waals surface area contributed by atoms with Crippen LogP contribution in [0.25, 0.3) is 0 Å². The molecule has 4 atom stereocenters. The molecule has 0 amide bonds. The van der Waals surface area contributed by atoms with Gasteiger partial charge in [0.05, 0.1) is 5.60 Å². The van der Waals surface area contributed by atoms with Gasteiger partial charge in [0.25, 0.3) is 0 Å². The summed E-state index contributed by atoms with van der Waals surface area (Å²) in [5.74, 6) is 1.08. The Morgan fingerprint density at radius 1 is 1.41 bits per heavy atom. The Balaban J connectivity index is 2.27. The Hall–Kier alpha value is -0.120. The van der Waals surface area contributed by atoms with Crippen molar-refractivity contribution in [3.63, 3.8) is 0 Å². The second-order valence-electron chi connectivity index (χ2n) is 6.32. The largest absolute Gasteiger partial charge is 0.389 e. The van der Waals surface area contributed by atoms with Gasteiger partial charge in [-0.05, 0) is 38.1 Å². The Morgan fingerprint density at radius 3 is 2.71 bits per heavy atom. The first-order valence-electron chi connectivity index (χ1n) is 7.21. The zero-order valence-corrected chi connectivity index (χ0v) is 11.3. The van der Waals surface area contributed by atoms with Crippen LogP contribution in [-0.4, -0.2) is 30.3 Å². The summed E-state index contributed by atoms with van der Waals surface area (Å²) in [7, 11) is 0. The second-order valence-corrected chi connectivity index (χ2v) is 6.32. The summed E-state index contributed by atoms with van der Waals surface area (Å²) in [6.07, 6.45) is 5.35. The normalized spacial score (nSPS) is 47.3. The molecule has 0 aromatic carbocycles. The van der Waals surface area contributed by atoms with Gasteiger partial charge < -0.3 is 16.2 Å². The summed E-state index contributed by atoms with van der Waals surface area (Å²) in [5, 5.41) is 14.7. The summed E-state index contributed by atoms with van der Waals surface area (Å²) >= 11 is 0. The van der Waals surface area contributed by atoms with E-state index in [-0.39, 0.29) is 5.41 Å². The van der Waals surface area contributed by atoms with Gasteiger partial charge in [0.1, 0.15) is 0 Å². The lowest BCUT2D eigenvalue weighted by molar-refractivity contribution is -0.139. The van der Waals surface area contributed by atoms with Crippen LogP contribution < -0.4 is 11.1 Å². The van der Waals surface area contributed by atoms with Crippen molar-refractivity contribution in [3.05, 3.63) is 0 Å². The van der Waals surface area contributed by atoms with Crippen LogP contribution in [0.3, 0.4) is 0 Å². The van der Waals surface area contributed by atoms with Crippen molar-refractivity contribution in [1.29, 1.82) is 0 Å². The molecular formula is C14H28N2O. The van der Waals surface area contributed by atoms with Crippen LogP contribution in [0.15, 0.2) is 0 Å². The number of nitrogens with one attached hydrogen (secondary N) is 1. The second kappa shape index (κ2) is 4.87. The summed E-state index contributed by atoms with van der Waals surface area (Å²) < 4.78 is 0. The lowest BCUT2D eigenvalue weighted by atomic mass is 9.60. The van der Waals surface area contributed by atoms with E-state index in [1.54, 1.807) is 0 Å². The summed E-state index contributed by atoms with van der Waals surface area (Å²) in [4.78, 5) is 0. The molecular weight excluding hydrogens is 212 g/mol. The van der Waals surface area contributed by atoms with E-state index in [0.29, 0.717) is 12.5 Å². The molecule has 1 saturated heterocycles. The smallest absolute Gasteiger partial charge is 0.0767 e. The molecule has 17 heavy (non-hydrogen) atoms. The van der Waals surface area contributed by atoms with Gasteiger partial charge in [0.2, 0.25) is 0 Å². The highest BCUT2D eigenvalue weighted by Crippen LogP contribution is 2.53. The van der Waals surface area contributed by atoms with Crippen molar-refractivity contribution < 1.29 is 5.11 Å². The Kier molecular flexibility index (Phi) is 3.81. The van der Waals surface area contributed by atoms with E-state index in [1.807, 2.05) is 0 Å². The van der Waals surface area contributed by atoms with Gasteiger partial charge in [-0.25, -0.2) is 0 Å². The summed E-state index contributed by atoms with van der Waals surface area (Å²) in [6.45, 7) is 7.00. The predicted molar refractivity (Wildman–Crippen MR) is 70.7 cm³/mol. The topological polar surface area (TPSA) is 58.3 Å². The molecule has 1 aliphatic carbocycles. The van der Waals surface area contributed by atoms with Crippen LogP contribution >= 0.6 is 0 Å². The molecule has 3 nitrogen and oxygen atoms in total. The zero-order valence-electron chi connectivity index (χ0n) is 11.3. The number of rotatable bonds is 3. The van der Waals surface area contributed by atoms with Gasteiger partial charge in [-0.3, -0.25) is 0 Å². The summed E-state index contributed by atoms with van der Waals surface area (Å²) in [6, 6.07) is 0.